The van der Waals surface area contributed by atoms with Crippen molar-refractivity contribution in [2.24, 2.45) is 0 Å². The quantitative estimate of drug-likeness (QED) is 0.756. The third-order valence-corrected chi connectivity index (χ3v) is 5.76. The normalized spacial score (nSPS) is 17.9. The number of aliphatic hydroxyl groups is 1. The Morgan fingerprint density at radius 3 is 2.64 bits per heavy atom. The number of aromatic nitrogens is 1. The number of hydrogen-bond acceptors (Lipinski definition) is 6. The summed E-state index contributed by atoms with van der Waals surface area (Å²) < 4.78 is 18.2. The fraction of sp³-hybridized carbons (Fsp3) is 0.714. The SMILES string of the molecule is CC(C)(CO)c1cc(NC(=O)C(C)(C)[S@+]([O-])N2CCC2)on1. The van der Waals surface area contributed by atoms with E-state index in [1.165, 1.54) is 0 Å². The first-order chi connectivity index (χ1) is 10.2. The third-order valence-electron chi connectivity index (χ3n) is 3.87. The van der Waals surface area contributed by atoms with Crippen molar-refractivity contribution in [3.8, 4) is 0 Å². The van der Waals surface area contributed by atoms with E-state index in [1.807, 2.05) is 13.8 Å². The van der Waals surface area contributed by atoms with Gasteiger partial charge in [-0.05, 0) is 20.3 Å². The van der Waals surface area contributed by atoms with Gasteiger partial charge >= 0.3 is 0 Å². The van der Waals surface area contributed by atoms with Crippen LogP contribution < -0.4 is 5.32 Å². The van der Waals surface area contributed by atoms with Crippen molar-refractivity contribution >= 4 is 23.2 Å². The minimum absolute atomic E-state index is 0.0859. The average molecular weight is 329 g/mol. The van der Waals surface area contributed by atoms with Gasteiger partial charge in [0.05, 0.1) is 23.7 Å². The van der Waals surface area contributed by atoms with E-state index in [1.54, 1.807) is 24.2 Å². The van der Waals surface area contributed by atoms with E-state index >= 15 is 0 Å². The molecule has 1 saturated heterocycles. The molecule has 0 bridgehead atoms. The lowest BCUT2D eigenvalue weighted by atomic mass is 9.91. The number of nitrogens with zero attached hydrogens (tertiary/aromatic N) is 2. The van der Waals surface area contributed by atoms with Crippen LogP contribution in [0.1, 0.15) is 39.8 Å². The van der Waals surface area contributed by atoms with Gasteiger partial charge in [-0.1, -0.05) is 19.0 Å². The van der Waals surface area contributed by atoms with Gasteiger partial charge in [-0.15, -0.1) is 4.31 Å². The predicted molar refractivity (Wildman–Crippen MR) is 83.7 cm³/mol. The summed E-state index contributed by atoms with van der Waals surface area (Å²) in [6.07, 6.45) is 1.01. The average Bonchev–Trinajstić information content (AvgIpc) is 2.85. The molecule has 1 aliphatic rings. The van der Waals surface area contributed by atoms with E-state index < -0.39 is 21.5 Å². The van der Waals surface area contributed by atoms with Gasteiger partial charge in [0.25, 0.3) is 5.91 Å². The van der Waals surface area contributed by atoms with E-state index in [0.717, 1.165) is 19.5 Å². The van der Waals surface area contributed by atoms with Crippen molar-refractivity contribution in [2.75, 3.05) is 25.0 Å². The molecule has 7 nitrogen and oxygen atoms in total. The molecule has 0 aliphatic carbocycles. The van der Waals surface area contributed by atoms with Gasteiger partial charge in [0.15, 0.2) is 0 Å². The summed E-state index contributed by atoms with van der Waals surface area (Å²) >= 11 is -1.38. The lowest BCUT2D eigenvalue weighted by molar-refractivity contribution is -0.118. The number of aliphatic hydroxyl groups excluding tert-OH is 1. The summed E-state index contributed by atoms with van der Waals surface area (Å²) in [6.45, 7) is 8.34. The Morgan fingerprint density at radius 1 is 1.50 bits per heavy atom. The standard InChI is InChI=1S/C14H23N3O4S/c1-13(2,9-18)10-8-11(21-16-10)15-12(19)14(3,4)22(20)17-6-5-7-17/h8,18H,5-7,9H2,1-4H3,(H,15,19)/t22-/m0/s1. The van der Waals surface area contributed by atoms with Gasteiger partial charge in [-0.25, -0.2) is 0 Å². The van der Waals surface area contributed by atoms with Crippen LogP contribution in [0.15, 0.2) is 10.6 Å². The first kappa shape index (κ1) is 17.3. The van der Waals surface area contributed by atoms with Crippen LogP contribution in [0.25, 0.3) is 0 Å². The first-order valence-corrected chi connectivity index (χ1v) is 8.35. The van der Waals surface area contributed by atoms with Crippen LogP contribution in [0, 0.1) is 0 Å². The van der Waals surface area contributed by atoms with E-state index in [2.05, 4.69) is 10.5 Å². The van der Waals surface area contributed by atoms with E-state index in [0.29, 0.717) is 5.69 Å². The van der Waals surface area contributed by atoms with Crippen LogP contribution in [-0.2, 0) is 21.6 Å². The lowest BCUT2D eigenvalue weighted by Crippen LogP contribution is -2.55. The van der Waals surface area contributed by atoms with Gasteiger partial charge < -0.3 is 14.2 Å². The van der Waals surface area contributed by atoms with Crippen LogP contribution in [0.2, 0.25) is 0 Å². The Morgan fingerprint density at radius 2 is 2.14 bits per heavy atom. The molecule has 1 aromatic heterocycles. The highest BCUT2D eigenvalue weighted by molar-refractivity contribution is 7.91. The summed E-state index contributed by atoms with van der Waals surface area (Å²) in [4.78, 5) is 12.4. The van der Waals surface area contributed by atoms with Gasteiger partial charge in [0.1, 0.15) is 0 Å². The Hall–Kier alpha value is -1.09. The smallest absolute Gasteiger partial charge is 0.284 e. The number of amides is 1. The molecule has 0 radical (unpaired) electrons. The van der Waals surface area contributed by atoms with Crippen molar-refractivity contribution in [1.82, 2.24) is 9.46 Å². The summed E-state index contributed by atoms with van der Waals surface area (Å²) in [5.74, 6) is -0.197. The molecule has 1 fully saturated rings. The summed E-state index contributed by atoms with van der Waals surface area (Å²) in [7, 11) is 0. The lowest BCUT2D eigenvalue weighted by Gasteiger charge is -2.37. The van der Waals surface area contributed by atoms with E-state index in [9.17, 15) is 14.5 Å². The van der Waals surface area contributed by atoms with Gasteiger partial charge in [-0.2, -0.15) is 0 Å². The minimum Gasteiger partial charge on any atom is -0.597 e. The molecule has 124 valence electrons. The first-order valence-electron chi connectivity index (χ1n) is 7.25. The molecule has 0 unspecified atom stereocenters. The maximum Gasteiger partial charge on any atom is 0.284 e. The molecular weight excluding hydrogens is 306 g/mol. The van der Waals surface area contributed by atoms with Gasteiger partial charge in [-0.3, -0.25) is 10.1 Å². The van der Waals surface area contributed by atoms with Crippen molar-refractivity contribution in [2.45, 2.75) is 44.3 Å². The maximum atomic E-state index is 12.4. The van der Waals surface area contributed by atoms with E-state index in [4.69, 9.17) is 4.52 Å². The second kappa shape index (κ2) is 6.19. The van der Waals surface area contributed by atoms with Crippen LogP contribution in [-0.4, -0.2) is 49.5 Å². The molecule has 1 aliphatic heterocycles. The fourth-order valence-electron chi connectivity index (χ4n) is 1.85. The van der Waals surface area contributed by atoms with Gasteiger partial charge in [0, 0.05) is 24.6 Å². The Bertz CT molecular complexity index is 540. The molecule has 22 heavy (non-hydrogen) atoms. The molecule has 0 spiro atoms. The van der Waals surface area contributed by atoms with E-state index in [-0.39, 0.29) is 18.4 Å². The number of anilines is 1. The molecule has 1 aromatic rings. The summed E-state index contributed by atoms with van der Waals surface area (Å²) in [5, 5.41) is 15.8. The molecule has 2 rings (SSSR count). The monoisotopic (exact) mass is 329 g/mol. The topological polar surface area (TPSA) is 102 Å². The molecule has 8 heteroatoms. The van der Waals surface area contributed by atoms with Gasteiger partial charge in [0.2, 0.25) is 10.6 Å². The zero-order valence-electron chi connectivity index (χ0n) is 13.4. The van der Waals surface area contributed by atoms with Crippen molar-refractivity contribution in [3.63, 3.8) is 0 Å². The minimum atomic E-state index is -1.38. The molecule has 0 saturated carbocycles. The number of hydrogen-bond donors (Lipinski definition) is 2. The summed E-state index contributed by atoms with van der Waals surface area (Å²) in [6, 6.07) is 1.58. The third kappa shape index (κ3) is 3.29. The maximum absolute atomic E-state index is 12.4. The second-order valence-electron chi connectivity index (χ2n) is 6.61. The van der Waals surface area contributed by atoms with Crippen molar-refractivity contribution in [1.29, 1.82) is 0 Å². The number of carbonyl (C=O) groups is 1. The zero-order valence-corrected chi connectivity index (χ0v) is 14.2. The summed E-state index contributed by atoms with van der Waals surface area (Å²) in [5.41, 5.74) is -0.00500. The van der Waals surface area contributed by atoms with Crippen LogP contribution >= 0.6 is 0 Å². The van der Waals surface area contributed by atoms with Crippen molar-refractivity contribution in [3.05, 3.63) is 11.8 Å². The largest absolute Gasteiger partial charge is 0.597 e. The highest BCUT2D eigenvalue weighted by atomic mass is 32.2. The number of rotatable bonds is 6. The van der Waals surface area contributed by atoms with Crippen LogP contribution in [0.3, 0.4) is 0 Å². The molecular formula is C14H23N3O4S. The second-order valence-corrected chi connectivity index (χ2v) is 8.65. The molecule has 1 amide bonds. The Labute approximate surface area is 133 Å². The molecule has 0 aromatic carbocycles. The molecule has 2 heterocycles. The number of nitrogens with one attached hydrogen (secondary N) is 1. The fourth-order valence-corrected chi connectivity index (χ4v) is 3.30. The highest BCUT2D eigenvalue weighted by Crippen LogP contribution is 2.28. The predicted octanol–water partition coefficient (Wildman–Crippen LogP) is 1.03. The molecule has 2 N–H and O–H groups in total. The zero-order chi connectivity index (χ0) is 16.5. The Kier molecular flexibility index (Phi) is 4.86. The van der Waals surface area contributed by atoms with Crippen LogP contribution in [0.5, 0.6) is 0 Å². The van der Waals surface area contributed by atoms with Crippen LogP contribution in [0.4, 0.5) is 5.88 Å². The van der Waals surface area contributed by atoms with Crippen molar-refractivity contribution < 1.29 is 19.0 Å². The Balaban J connectivity index is 2.05. The number of carbonyl (C=O) groups excluding carboxylic acids is 1. The highest BCUT2D eigenvalue weighted by Gasteiger charge is 2.46. The molecule has 1 atom stereocenters.